The zero-order valence-corrected chi connectivity index (χ0v) is 16.3. The van der Waals surface area contributed by atoms with Gasteiger partial charge in [0.2, 0.25) is 0 Å². The van der Waals surface area contributed by atoms with Gasteiger partial charge in [0.05, 0.1) is 11.1 Å². The van der Waals surface area contributed by atoms with Gasteiger partial charge in [-0.05, 0) is 77.7 Å². The second kappa shape index (κ2) is 7.97. The Balaban J connectivity index is 1.73. The number of halogens is 1. The predicted molar refractivity (Wildman–Crippen MR) is 107 cm³/mol. The smallest absolute Gasteiger partial charge is 0.257 e. The number of nitrogens with one attached hydrogen (secondary N) is 1. The van der Waals surface area contributed by atoms with Crippen molar-refractivity contribution in [3.63, 3.8) is 0 Å². The number of rotatable bonds is 3. The third kappa shape index (κ3) is 4.02. The van der Waals surface area contributed by atoms with E-state index in [4.69, 9.17) is 17.0 Å². The summed E-state index contributed by atoms with van der Waals surface area (Å²) in [6, 6.07) is 13.4. The van der Waals surface area contributed by atoms with Crippen molar-refractivity contribution in [2.75, 3.05) is 18.1 Å². The second-order valence-electron chi connectivity index (χ2n) is 5.72. The minimum absolute atomic E-state index is 0.225. The third-order valence-electron chi connectivity index (χ3n) is 4.07. The lowest BCUT2D eigenvalue weighted by molar-refractivity contribution is 0.0977. The third-order valence-corrected chi connectivity index (χ3v) is 5.01. The molecule has 25 heavy (non-hydrogen) atoms. The quantitative estimate of drug-likeness (QED) is 0.753. The molecule has 0 spiro atoms. The number of para-hydroxylation sites is 1. The Kier molecular flexibility index (Phi) is 5.71. The summed E-state index contributed by atoms with van der Waals surface area (Å²) in [7, 11) is 0. The predicted octanol–water partition coefficient (Wildman–Crippen LogP) is 4.32. The maximum Gasteiger partial charge on any atom is 0.257 e. The summed E-state index contributed by atoms with van der Waals surface area (Å²) in [5.74, 6) is 0.489. The van der Waals surface area contributed by atoms with Crippen LogP contribution in [0.2, 0.25) is 0 Å². The Morgan fingerprint density at radius 1 is 1.32 bits per heavy atom. The van der Waals surface area contributed by atoms with Crippen LogP contribution in [0.4, 0.5) is 5.69 Å². The monoisotopic (exact) mass is 418 g/mol. The number of carbonyl (C=O) groups excluding carboxylic acids is 1. The van der Waals surface area contributed by atoms with Crippen LogP contribution in [-0.2, 0) is 6.42 Å². The molecule has 1 heterocycles. The fourth-order valence-corrected chi connectivity index (χ4v) is 3.67. The number of anilines is 1. The molecule has 0 aliphatic carbocycles. The number of aryl methyl sites for hydroxylation is 1. The molecule has 1 amide bonds. The number of benzene rings is 2. The molecule has 1 aliphatic heterocycles. The minimum atomic E-state index is -0.225. The molecular weight excluding hydrogens is 400 g/mol. The van der Waals surface area contributed by atoms with Crippen molar-refractivity contribution < 1.29 is 9.53 Å². The Bertz CT molecular complexity index is 810. The standard InChI is InChI=1S/C19H19BrN2O2S/c1-2-24-17-10-9-14(12-15(17)20)18(23)21-19(25)22-11-5-7-13-6-3-4-8-16(13)22/h3-4,6,8-10,12H,2,5,7,11H2,1H3,(H,21,23,25). The van der Waals surface area contributed by atoms with Crippen molar-refractivity contribution in [2.24, 2.45) is 0 Å². The highest BCUT2D eigenvalue weighted by Gasteiger charge is 2.21. The normalized spacial score (nSPS) is 13.1. The van der Waals surface area contributed by atoms with Crippen LogP contribution in [-0.4, -0.2) is 24.2 Å². The van der Waals surface area contributed by atoms with E-state index in [1.54, 1.807) is 18.2 Å². The fraction of sp³-hybridized carbons (Fsp3) is 0.263. The van der Waals surface area contributed by atoms with Crippen molar-refractivity contribution in [1.29, 1.82) is 0 Å². The van der Waals surface area contributed by atoms with Crippen LogP contribution in [0, 0.1) is 0 Å². The van der Waals surface area contributed by atoms with Gasteiger partial charge < -0.3 is 9.64 Å². The van der Waals surface area contributed by atoms with Crippen LogP contribution in [0.5, 0.6) is 5.75 Å². The van der Waals surface area contributed by atoms with E-state index in [0.29, 0.717) is 23.0 Å². The largest absolute Gasteiger partial charge is 0.493 e. The molecule has 0 bridgehead atoms. The first kappa shape index (κ1) is 17.9. The van der Waals surface area contributed by atoms with Crippen molar-refractivity contribution in [1.82, 2.24) is 5.32 Å². The van der Waals surface area contributed by atoms with E-state index in [1.807, 2.05) is 30.0 Å². The molecule has 1 N–H and O–H groups in total. The van der Waals surface area contributed by atoms with Gasteiger partial charge in [-0.25, -0.2) is 0 Å². The Morgan fingerprint density at radius 3 is 2.88 bits per heavy atom. The molecule has 0 saturated carbocycles. The summed E-state index contributed by atoms with van der Waals surface area (Å²) < 4.78 is 6.22. The van der Waals surface area contributed by atoms with Crippen molar-refractivity contribution >= 4 is 44.9 Å². The number of thiocarbonyl (C=S) groups is 1. The second-order valence-corrected chi connectivity index (χ2v) is 6.96. The van der Waals surface area contributed by atoms with E-state index in [0.717, 1.165) is 29.5 Å². The molecule has 3 rings (SSSR count). The van der Waals surface area contributed by atoms with Crippen LogP contribution < -0.4 is 15.0 Å². The molecule has 6 heteroatoms. The number of nitrogens with zero attached hydrogens (tertiary/aromatic N) is 1. The molecule has 0 radical (unpaired) electrons. The number of carbonyl (C=O) groups is 1. The van der Waals surface area contributed by atoms with E-state index in [2.05, 4.69) is 27.3 Å². The summed E-state index contributed by atoms with van der Waals surface area (Å²) in [6.07, 6.45) is 2.05. The van der Waals surface area contributed by atoms with Crippen molar-refractivity contribution in [3.8, 4) is 5.75 Å². The maximum absolute atomic E-state index is 12.5. The first-order valence-electron chi connectivity index (χ1n) is 8.23. The molecule has 0 unspecified atom stereocenters. The van der Waals surface area contributed by atoms with E-state index >= 15 is 0 Å². The molecule has 0 atom stereocenters. The van der Waals surface area contributed by atoms with Gasteiger partial charge >= 0.3 is 0 Å². The first-order valence-corrected chi connectivity index (χ1v) is 9.43. The lowest BCUT2D eigenvalue weighted by Crippen LogP contribution is -2.45. The van der Waals surface area contributed by atoms with Gasteiger partial charge in [-0.1, -0.05) is 18.2 Å². The molecule has 1 aliphatic rings. The average molecular weight is 419 g/mol. The molecule has 4 nitrogen and oxygen atoms in total. The van der Waals surface area contributed by atoms with Gasteiger partial charge in [-0.15, -0.1) is 0 Å². The number of hydrogen-bond acceptors (Lipinski definition) is 3. The average Bonchev–Trinajstić information content (AvgIpc) is 2.63. The number of hydrogen-bond donors (Lipinski definition) is 1. The lowest BCUT2D eigenvalue weighted by Gasteiger charge is -2.31. The molecule has 0 aromatic heterocycles. The van der Waals surface area contributed by atoms with Crippen molar-refractivity contribution in [2.45, 2.75) is 19.8 Å². The van der Waals surface area contributed by atoms with Crippen molar-refractivity contribution in [3.05, 3.63) is 58.1 Å². The van der Waals surface area contributed by atoms with E-state index in [1.165, 1.54) is 5.56 Å². The van der Waals surface area contributed by atoms with Gasteiger partial charge in [0.15, 0.2) is 5.11 Å². The molecule has 0 saturated heterocycles. The van der Waals surface area contributed by atoms with E-state index < -0.39 is 0 Å². The number of fused-ring (bicyclic) bond motifs is 1. The summed E-state index contributed by atoms with van der Waals surface area (Å²) >= 11 is 8.92. The van der Waals surface area contributed by atoms with Gasteiger partial charge in [0, 0.05) is 17.8 Å². The lowest BCUT2D eigenvalue weighted by atomic mass is 10.0. The Morgan fingerprint density at radius 2 is 2.12 bits per heavy atom. The van der Waals surface area contributed by atoms with Crippen LogP contribution in [0.3, 0.4) is 0 Å². The molecule has 0 fully saturated rings. The van der Waals surface area contributed by atoms with Crippen LogP contribution in [0.15, 0.2) is 46.9 Å². The Hall–Kier alpha value is -1.92. The van der Waals surface area contributed by atoms with Crippen LogP contribution >= 0.6 is 28.1 Å². The molecule has 130 valence electrons. The summed E-state index contributed by atoms with van der Waals surface area (Å²) in [6.45, 7) is 3.30. The van der Waals surface area contributed by atoms with E-state index in [9.17, 15) is 4.79 Å². The molecule has 2 aromatic rings. The van der Waals surface area contributed by atoms with Crippen LogP contribution in [0.1, 0.15) is 29.3 Å². The SMILES string of the molecule is CCOc1ccc(C(=O)NC(=S)N2CCCc3ccccc32)cc1Br. The minimum Gasteiger partial charge on any atom is -0.493 e. The molecule has 2 aromatic carbocycles. The highest BCUT2D eigenvalue weighted by molar-refractivity contribution is 9.10. The Labute approximate surface area is 161 Å². The number of amides is 1. The van der Waals surface area contributed by atoms with Gasteiger partial charge in [0.1, 0.15) is 5.75 Å². The maximum atomic E-state index is 12.5. The highest BCUT2D eigenvalue weighted by Crippen LogP contribution is 2.28. The zero-order valence-electron chi connectivity index (χ0n) is 13.9. The van der Waals surface area contributed by atoms with E-state index in [-0.39, 0.29) is 5.91 Å². The van der Waals surface area contributed by atoms with Gasteiger partial charge in [0.25, 0.3) is 5.91 Å². The fourth-order valence-electron chi connectivity index (χ4n) is 2.90. The first-order chi connectivity index (χ1) is 12.1. The van der Waals surface area contributed by atoms with Crippen LogP contribution in [0.25, 0.3) is 0 Å². The van der Waals surface area contributed by atoms with Gasteiger partial charge in [-0.3, -0.25) is 10.1 Å². The summed E-state index contributed by atoms with van der Waals surface area (Å²) in [4.78, 5) is 14.5. The summed E-state index contributed by atoms with van der Waals surface area (Å²) in [5, 5.41) is 3.27. The molecular formula is C19H19BrN2O2S. The number of ether oxygens (including phenoxy) is 1. The highest BCUT2D eigenvalue weighted by atomic mass is 79.9. The zero-order chi connectivity index (χ0) is 17.8. The topological polar surface area (TPSA) is 41.6 Å². The van der Waals surface area contributed by atoms with Gasteiger partial charge in [-0.2, -0.15) is 0 Å². The summed E-state index contributed by atoms with van der Waals surface area (Å²) in [5.41, 5.74) is 2.86.